The molecule has 0 saturated carbocycles. The van der Waals surface area contributed by atoms with E-state index in [1.165, 1.54) is 31.2 Å². The van der Waals surface area contributed by atoms with E-state index in [0.29, 0.717) is 5.92 Å². The number of unbranched alkanes of at least 4 members (excludes halogenated alkanes) is 1. The normalized spacial score (nSPS) is 14.4. The van der Waals surface area contributed by atoms with E-state index < -0.39 is 0 Å². The zero-order valence-electron chi connectivity index (χ0n) is 12.2. The summed E-state index contributed by atoms with van der Waals surface area (Å²) in [6.07, 6.45) is 6.57. The first kappa shape index (κ1) is 15.2. The smallest absolute Gasteiger partial charge is 0.0795 e. The van der Waals surface area contributed by atoms with Gasteiger partial charge in [0.1, 0.15) is 0 Å². The predicted octanol–water partition coefficient (Wildman–Crippen LogP) is 4.89. The Balaban J connectivity index is 2.65. The Bertz CT molecular complexity index is 332. The van der Waals surface area contributed by atoms with Gasteiger partial charge in [0, 0.05) is 0 Å². The second kappa shape index (κ2) is 8.31. The van der Waals surface area contributed by atoms with Gasteiger partial charge in [-0.25, -0.2) is 0 Å². The average molecular weight is 248 g/mol. The fourth-order valence-corrected chi connectivity index (χ4v) is 2.61. The van der Waals surface area contributed by atoms with Crippen LogP contribution in [0.2, 0.25) is 0 Å². The summed E-state index contributed by atoms with van der Waals surface area (Å²) >= 11 is 0. The largest absolute Gasteiger partial charge is 0.388 e. The summed E-state index contributed by atoms with van der Waals surface area (Å²) in [7, 11) is 0. The van der Waals surface area contributed by atoms with E-state index in [1.54, 1.807) is 0 Å². The van der Waals surface area contributed by atoms with Gasteiger partial charge in [-0.3, -0.25) is 0 Å². The van der Waals surface area contributed by atoms with E-state index in [-0.39, 0.29) is 6.10 Å². The van der Waals surface area contributed by atoms with Crippen molar-refractivity contribution in [2.45, 2.75) is 65.4 Å². The molecule has 0 saturated heterocycles. The molecule has 0 spiro atoms. The van der Waals surface area contributed by atoms with Crippen molar-refractivity contribution in [1.29, 1.82) is 0 Å². The zero-order valence-corrected chi connectivity index (χ0v) is 12.2. The molecule has 2 atom stereocenters. The summed E-state index contributed by atoms with van der Waals surface area (Å²) < 4.78 is 0. The third-order valence-electron chi connectivity index (χ3n) is 3.89. The minimum atomic E-state index is -0.289. The molecule has 102 valence electrons. The Morgan fingerprint density at radius 1 is 1.11 bits per heavy atom. The number of rotatable bonds is 8. The molecule has 0 heterocycles. The van der Waals surface area contributed by atoms with E-state index in [1.807, 2.05) is 6.07 Å². The van der Waals surface area contributed by atoms with Crippen molar-refractivity contribution >= 4 is 0 Å². The Labute approximate surface area is 112 Å². The summed E-state index contributed by atoms with van der Waals surface area (Å²) in [4.78, 5) is 0. The van der Waals surface area contributed by atoms with E-state index in [4.69, 9.17) is 0 Å². The molecule has 0 fully saturated rings. The Morgan fingerprint density at radius 2 is 1.83 bits per heavy atom. The molecule has 1 aromatic rings. The van der Waals surface area contributed by atoms with Crippen LogP contribution in [0.3, 0.4) is 0 Å². The van der Waals surface area contributed by atoms with Crippen LogP contribution in [0.15, 0.2) is 24.3 Å². The molecule has 0 aliphatic heterocycles. The number of hydrogen-bond donors (Lipinski definition) is 1. The molecule has 0 aromatic heterocycles. The van der Waals surface area contributed by atoms with Crippen LogP contribution in [0.25, 0.3) is 0 Å². The van der Waals surface area contributed by atoms with E-state index in [2.05, 4.69) is 39.0 Å². The van der Waals surface area contributed by atoms with Crippen molar-refractivity contribution in [3.05, 3.63) is 35.4 Å². The van der Waals surface area contributed by atoms with Crippen LogP contribution in [0.1, 0.15) is 70.1 Å². The molecule has 0 aliphatic carbocycles. The molecule has 18 heavy (non-hydrogen) atoms. The Kier molecular flexibility index (Phi) is 7.04. The lowest BCUT2D eigenvalue weighted by molar-refractivity contribution is 0.138. The summed E-state index contributed by atoms with van der Waals surface area (Å²) in [5.74, 6) is 0.657. The van der Waals surface area contributed by atoms with Crippen LogP contribution in [0, 0.1) is 5.92 Å². The maximum atomic E-state index is 10.4. The van der Waals surface area contributed by atoms with Gasteiger partial charge in [-0.1, -0.05) is 70.7 Å². The second-order valence-electron chi connectivity index (χ2n) is 5.22. The number of aryl methyl sites for hydroxylation is 1. The highest BCUT2D eigenvalue weighted by atomic mass is 16.3. The first-order valence-electron chi connectivity index (χ1n) is 7.48. The summed E-state index contributed by atoms with van der Waals surface area (Å²) in [6, 6.07) is 8.30. The highest BCUT2D eigenvalue weighted by Crippen LogP contribution is 2.28. The highest BCUT2D eigenvalue weighted by molar-refractivity contribution is 5.29. The monoisotopic (exact) mass is 248 g/mol. The molecule has 0 amide bonds. The number of aliphatic hydroxyl groups excluding tert-OH is 1. The molecule has 2 unspecified atom stereocenters. The standard InChI is InChI=1S/C17H28O/c1-4-7-10-14(5-2)13-17(18)16-12-9-8-11-15(16)6-3/h8-9,11-12,14,17-18H,4-7,10,13H2,1-3H3. The van der Waals surface area contributed by atoms with Crippen molar-refractivity contribution in [1.82, 2.24) is 0 Å². The highest BCUT2D eigenvalue weighted by Gasteiger charge is 2.16. The van der Waals surface area contributed by atoms with Crippen molar-refractivity contribution in [2.24, 2.45) is 5.92 Å². The van der Waals surface area contributed by atoms with Crippen LogP contribution >= 0.6 is 0 Å². The van der Waals surface area contributed by atoms with Gasteiger partial charge in [0.05, 0.1) is 6.10 Å². The van der Waals surface area contributed by atoms with E-state index >= 15 is 0 Å². The van der Waals surface area contributed by atoms with Crippen molar-refractivity contribution < 1.29 is 5.11 Å². The van der Waals surface area contributed by atoms with Gasteiger partial charge in [-0.2, -0.15) is 0 Å². The molecule has 0 aliphatic rings. The third kappa shape index (κ3) is 4.45. The maximum Gasteiger partial charge on any atom is 0.0795 e. The van der Waals surface area contributed by atoms with Gasteiger partial charge in [-0.05, 0) is 29.9 Å². The van der Waals surface area contributed by atoms with Crippen LogP contribution in [-0.4, -0.2) is 5.11 Å². The molecule has 1 nitrogen and oxygen atoms in total. The van der Waals surface area contributed by atoms with Crippen LogP contribution in [-0.2, 0) is 6.42 Å². The Morgan fingerprint density at radius 3 is 2.44 bits per heavy atom. The van der Waals surface area contributed by atoms with Gasteiger partial charge >= 0.3 is 0 Å². The Hall–Kier alpha value is -0.820. The van der Waals surface area contributed by atoms with Crippen LogP contribution in [0.5, 0.6) is 0 Å². The SMILES string of the molecule is CCCCC(CC)CC(O)c1ccccc1CC. The molecule has 1 rings (SSSR count). The molecule has 1 heteroatoms. The van der Waals surface area contributed by atoms with Crippen LogP contribution < -0.4 is 0 Å². The van der Waals surface area contributed by atoms with Gasteiger partial charge in [0.25, 0.3) is 0 Å². The average Bonchev–Trinajstić information content (AvgIpc) is 2.43. The van der Waals surface area contributed by atoms with E-state index in [9.17, 15) is 5.11 Å². The van der Waals surface area contributed by atoms with Crippen molar-refractivity contribution in [3.63, 3.8) is 0 Å². The second-order valence-corrected chi connectivity index (χ2v) is 5.22. The van der Waals surface area contributed by atoms with Crippen molar-refractivity contribution in [2.75, 3.05) is 0 Å². The summed E-state index contributed by atoms with van der Waals surface area (Å²) in [6.45, 7) is 6.62. The molecular formula is C17H28O. The quantitative estimate of drug-likeness (QED) is 0.694. The molecule has 1 aromatic carbocycles. The van der Waals surface area contributed by atoms with Gasteiger partial charge < -0.3 is 5.11 Å². The van der Waals surface area contributed by atoms with Crippen LogP contribution in [0.4, 0.5) is 0 Å². The van der Waals surface area contributed by atoms with E-state index in [0.717, 1.165) is 18.4 Å². The molecule has 0 bridgehead atoms. The predicted molar refractivity (Wildman–Crippen MR) is 78.7 cm³/mol. The number of aliphatic hydroxyl groups is 1. The minimum absolute atomic E-state index is 0.289. The first-order chi connectivity index (χ1) is 8.72. The topological polar surface area (TPSA) is 20.2 Å². The van der Waals surface area contributed by atoms with Gasteiger partial charge in [0.2, 0.25) is 0 Å². The lowest BCUT2D eigenvalue weighted by Gasteiger charge is -2.20. The molecule has 1 N–H and O–H groups in total. The first-order valence-corrected chi connectivity index (χ1v) is 7.48. The summed E-state index contributed by atoms with van der Waals surface area (Å²) in [5, 5.41) is 10.4. The van der Waals surface area contributed by atoms with Gasteiger partial charge in [0.15, 0.2) is 0 Å². The maximum absolute atomic E-state index is 10.4. The fraction of sp³-hybridized carbons (Fsp3) is 0.647. The number of hydrogen-bond acceptors (Lipinski definition) is 1. The lowest BCUT2D eigenvalue weighted by Crippen LogP contribution is -2.09. The van der Waals surface area contributed by atoms with Gasteiger partial charge in [-0.15, -0.1) is 0 Å². The fourth-order valence-electron chi connectivity index (χ4n) is 2.61. The van der Waals surface area contributed by atoms with Crippen molar-refractivity contribution in [3.8, 4) is 0 Å². The number of benzene rings is 1. The lowest BCUT2D eigenvalue weighted by atomic mass is 9.89. The molecular weight excluding hydrogens is 220 g/mol. The third-order valence-corrected chi connectivity index (χ3v) is 3.89. The summed E-state index contributed by atoms with van der Waals surface area (Å²) in [5.41, 5.74) is 2.42. The molecule has 0 radical (unpaired) electrons. The zero-order chi connectivity index (χ0) is 13.4. The minimum Gasteiger partial charge on any atom is -0.388 e.